The van der Waals surface area contributed by atoms with Gasteiger partial charge in [-0.3, -0.25) is 9.59 Å². The van der Waals surface area contributed by atoms with Gasteiger partial charge in [-0.25, -0.2) is 0 Å². The van der Waals surface area contributed by atoms with Crippen LogP contribution < -0.4 is 0 Å². The van der Waals surface area contributed by atoms with Crippen LogP contribution in [0.5, 0.6) is 0 Å². The number of carbonyl (C=O) groups excluding carboxylic acids is 2. The van der Waals surface area contributed by atoms with Crippen LogP contribution >= 0.6 is 0 Å². The Hall–Kier alpha value is -0.920. The highest BCUT2D eigenvalue weighted by atomic mass is 16.2. The van der Waals surface area contributed by atoms with Gasteiger partial charge in [-0.2, -0.15) is 0 Å². The normalized spacial score (nSPS) is 23.7. The minimum atomic E-state index is -0.176. The van der Waals surface area contributed by atoms with Gasteiger partial charge in [-0.05, 0) is 25.7 Å². The summed E-state index contributed by atoms with van der Waals surface area (Å²) in [6.07, 6.45) is 8.57. The van der Waals surface area contributed by atoms with Crippen LogP contribution in [-0.2, 0) is 9.59 Å². The lowest BCUT2D eigenvalue weighted by atomic mass is 10.0. The van der Waals surface area contributed by atoms with Crippen LogP contribution in [0.15, 0.2) is 12.2 Å². The van der Waals surface area contributed by atoms with Crippen molar-refractivity contribution >= 4 is 11.6 Å². The zero-order valence-electron chi connectivity index (χ0n) is 7.21. The third kappa shape index (κ3) is 2.99. The van der Waals surface area contributed by atoms with E-state index in [4.69, 9.17) is 0 Å². The van der Waals surface area contributed by atoms with E-state index >= 15 is 0 Å². The SMILES string of the molecule is O=C1CCC/C=C/CCCC1=O. The molecule has 0 unspecified atom stereocenters. The molecule has 0 N–H and O–H groups in total. The second-order valence-electron chi connectivity index (χ2n) is 3.10. The van der Waals surface area contributed by atoms with Crippen LogP contribution in [0.3, 0.4) is 0 Å². The van der Waals surface area contributed by atoms with Crippen LogP contribution in [0, 0.1) is 0 Å². The Morgan fingerprint density at radius 2 is 1.25 bits per heavy atom. The molecule has 0 aromatic rings. The van der Waals surface area contributed by atoms with Crippen molar-refractivity contribution in [3.63, 3.8) is 0 Å². The van der Waals surface area contributed by atoms with E-state index in [1.807, 2.05) is 0 Å². The van der Waals surface area contributed by atoms with Gasteiger partial charge in [0.15, 0.2) is 11.6 Å². The summed E-state index contributed by atoms with van der Waals surface area (Å²) in [5.41, 5.74) is 0. The summed E-state index contributed by atoms with van der Waals surface area (Å²) >= 11 is 0. The second kappa shape index (κ2) is 4.86. The van der Waals surface area contributed by atoms with Gasteiger partial charge in [-0.1, -0.05) is 12.2 Å². The number of ketones is 2. The lowest BCUT2D eigenvalue weighted by molar-refractivity contribution is -0.136. The first-order chi connectivity index (χ1) is 5.80. The molecule has 0 amide bonds. The van der Waals surface area contributed by atoms with Gasteiger partial charge in [0, 0.05) is 12.8 Å². The summed E-state index contributed by atoms with van der Waals surface area (Å²) < 4.78 is 0. The largest absolute Gasteiger partial charge is 0.291 e. The molecule has 1 aliphatic rings. The zero-order valence-corrected chi connectivity index (χ0v) is 7.21. The standard InChI is InChI=1S/C10H14O2/c11-9-7-5-3-1-2-4-6-8-10(9)12/h1-2H,3-8H2/b2-1+. The maximum Gasteiger partial charge on any atom is 0.198 e. The minimum absolute atomic E-state index is 0.176. The molecule has 12 heavy (non-hydrogen) atoms. The molecular weight excluding hydrogens is 152 g/mol. The van der Waals surface area contributed by atoms with E-state index in [1.54, 1.807) is 0 Å². The Labute approximate surface area is 72.7 Å². The van der Waals surface area contributed by atoms with Crippen molar-refractivity contribution < 1.29 is 9.59 Å². The molecule has 0 heterocycles. The first-order valence-electron chi connectivity index (χ1n) is 4.52. The summed E-state index contributed by atoms with van der Waals surface area (Å²) in [5, 5.41) is 0. The zero-order chi connectivity index (χ0) is 8.81. The molecule has 0 fully saturated rings. The Morgan fingerprint density at radius 1 is 0.833 bits per heavy atom. The van der Waals surface area contributed by atoms with Crippen LogP contribution in [-0.4, -0.2) is 11.6 Å². The van der Waals surface area contributed by atoms with Crippen molar-refractivity contribution in [1.29, 1.82) is 0 Å². The number of Topliss-reactive ketones (excluding diaryl/α,β-unsaturated/α-hetero) is 2. The maximum absolute atomic E-state index is 11.1. The monoisotopic (exact) mass is 166 g/mol. The highest BCUT2D eigenvalue weighted by molar-refractivity contribution is 6.37. The van der Waals surface area contributed by atoms with E-state index < -0.39 is 0 Å². The Kier molecular flexibility index (Phi) is 3.71. The number of carbonyl (C=O) groups is 2. The van der Waals surface area contributed by atoms with Crippen molar-refractivity contribution in [3.8, 4) is 0 Å². The maximum atomic E-state index is 11.1. The molecule has 0 saturated carbocycles. The number of hydrogen-bond donors (Lipinski definition) is 0. The third-order valence-corrected chi connectivity index (χ3v) is 2.03. The van der Waals surface area contributed by atoms with E-state index in [2.05, 4.69) is 12.2 Å². The first-order valence-corrected chi connectivity index (χ1v) is 4.52. The molecule has 0 radical (unpaired) electrons. The smallest absolute Gasteiger partial charge is 0.198 e. The van der Waals surface area contributed by atoms with Crippen LogP contribution in [0.1, 0.15) is 38.5 Å². The van der Waals surface area contributed by atoms with E-state index in [0.717, 1.165) is 25.7 Å². The fourth-order valence-corrected chi connectivity index (χ4v) is 1.28. The van der Waals surface area contributed by atoms with Crippen molar-refractivity contribution in [1.82, 2.24) is 0 Å². The molecule has 0 spiro atoms. The Bertz CT molecular complexity index is 182. The van der Waals surface area contributed by atoms with Crippen LogP contribution in [0.4, 0.5) is 0 Å². The van der Waals surface area contributed by atoms with E-state index in [9.17, 15) is 9.59 Å². The summed E-state index contributed by atoms with van der Waals surface area (Å²) in [6.45, 7) is 0. The Balaban J connectivity index is 2.47. The van der Waals surface area contributed by atoms with Gasteiger partial charge in [0.1, 0.15) is 0 Å². The van der Waals surface area contributed by atoms with E-state index in [0.29, 0.717) is 12.8 Å². The van der Waals surface area contributed by atoms with Crippen molar-refractivity contribution in [3.05, 3.63) is 12.2 Å². The number of allylic oxidation sites excluding steroid dienone is 2. The van der Waals surface area contributed by atoms with E-state index in [1.165, 1.54) is 0 Å². The second-order valence-corrected chi connectivity index (χ2v) is 3.10. The molecule has 0 saturated heterocycles. The molecule has 0 aromatic heterocycles. The number of hydrogen-bond acceptors (Lipinski definition) is 2. The predicted octanol–water partition coefficient (Wildman–Crippen LogP) is 2.04. The highest BCUT2D eigenvalue weighted by Crippen LogP contribution is 2.07. The fourth-order valence-electron chi connectivity index (χ4n) is 1.28. The lowest BCUT2D eigenvalue weighted by Gasteiger charge is -2.00. The summed E-state index contributed by atoms with van der Waals surface area (Å²) in [6, 6.07) is 0. The molecule has 2 nitrogen and oxygen atoms in total. The molecule has 0 atom stereocenters. The summed E-state index contributed by atoms with van der Waals surface area (Å²) in [5.74, 6) is -0.351. The average molecular weight is 166 g/mol. The van der Waals surface area contributed by atoms with E-state index in [-0.39, 0.29) is 11.6 Å². The first kappa shape index (κ1) is 9.17. The van der Waals surface area contributed by atoms with Crippen molar-refractivity contribution in [2.75, 3.05) is 0 Å². The predicted molar refractivity (Wildman–Crippen MR) is 46.9 cm³/mol. The van der Waals surface area contributed by atoms with Gasteiger partial charge in [0.25, 0.3) is 0 Å². The van der Waals surface area contributed by atoms with Gasteiger partial charge < -0.3 is 0 Å². The molecule has 2 heteroatoms. The van der Waals surface area contributed by atoms with Crippen molar-refractivity contribution in [2.24, 2.45) is 0 Å². The van der Waals surface area contributed by atoms with Gasteiger partial charge in [-0.15, -0.1) is 0 Å². The summed E-state index contributed by atoms with van der Waals surface area (Å²) in [4.78, 5) is 22.1. The lowest BCUT2D eigenvalue weighted by Crippen LogP contribution is -2.13. The molecule has 0 bridgehead atoms. The molecule has 66 valence electrons. The van der Waals surface area contributed by atoms with Gasteiger partial charge in [0.05, 0.1) is 0 Å². The molecule has 1 aliphatic carbocycles. The molecule has 0 aromatic carbocycles. The average Bonchev–Trinajstić information content (AvgIpc) is 2.08. The van der Waals surface area contributed by atoms with Gasteiger partial charge >= 0.3 is 0 Å². The molecule has 1 rings (SSSR count). The quantitative estimate of drug-likeness (QED) is 0.407. The van der Waals surface area contributed by atoms with Crippen LogP contribution in [0.25, 0.3) is 0 Å². The Morgan fingerprint density at radius 3 is 1.67 bits per heavy atom. The molecule has 0 aliphatic heterocycles. The third-order valence-electron chi connectivity index (χ3n) is 2.03. The topological polar surface area (TPSA) is 34.1 Å². The number of rotatable bonds is 0. The minimum Gasteiger partial charge on any atom is -0.291 e. The van der Waals surface area contributed by atoms with Gasteiger partial charge in [0.2, 0.25) is 0 Å². The highest BCUT2D eigenvalue weighted by Gasteiger charge is 2.12. The van der Waals surface area contributed by atoms with Crippen molar-refractivity contribution in [2.45, 2.75) is 38.5 Å². The summed E-state index contributed by atoms with van der Waals surface area (Å²) in [7, 11) is 0. The van der Waals surface area contributed by atoms with Crippen LogP contribution in [0.2, 0.25) is 0 Å². The molecular formula is C10H14O2. The fraction of sp³-hybridized carbons (Fsp3) is 0.600.